The zero-order valence-electron chi connectivity index (χ0n) is 8.87. The van der Waals surface area contributed by atoms with Crippen molar-refractivity contribution < 1.29 is 0 Å². The minimum atomic E-state index is 0.638. The van der Waals surface area contributed by atoms with Gasteiger partial charge in [0.25, 0.3) is 0 Å². The van der Waals surface area contributed by atoms with Gasteiger partial charge in [0.05, 0.1) is 5.69 Å². The van der Waals surface area contributed by atoms with Crippen LogP contribution in [0.4, 0.5) is 5.69 Å². The van der Waals surface area contributed by atoms with E-state index in [2.05, 4.69) is 27.4 Å². The number of nitrogens with zero attached hydrogens (tertiary/aromatic N) is 5. The SMILES string of the molecule is CCCn1nnnc1Sc1ncccc1N. The van der Waals surface area contributed by atoms with Gasteiger partial charge in [-0.1, -0.05) is 6.92 Å². The third-order valence-corrected chi connectivity index (χ3v) is 2.93. The monoisotopic (exact) mass is 236 g/mol. The maximum Gasteiger partial charge on any atom is 0.215 e. The van der Waals surface area contributed by atoms with Crippen LogP contribution in [0.2, 0.25) is 0 Å². The van der Waals surface area contributed by atoms with E-state index in [0.717, 1.165) is 18.0 Å². The van der Waals surface area contributed by atoms with Gasteiger partial charge in [-0.15, -0.1) is 5.10 Å². The second kappa shape index (κ2) is 4.93. The molecule has 2 N–H and O–H groups in total. The Kier molecular flexibility index (Phi) is 3.35. The molecular weight excluding hydrogens is 224 g/mol. The summed E-state index contributed by atoms with van der Waals surface area (Å²) < 4.78 is 1.75. The van der Waals surface area contributed by atoms with Crippen molar-refractivity contribution in [3.05, 3.63) is 18.3 Å². The van der Waals surface area contributed by atoms with E-state index in [0.29, 0.717) is 10.8 Å². The van der Waals surface area contributed by atoms with Crippen LogP contribution in [0.25, 0.3) is 0 Å². The second-order valence-electron chi connectivity index (χ2n) is 3.18. The van der Waals surface area contributed by atoms with Gasteiger partial charge in [-0.05, 0) is 40.7 Å². The molecule has 0 amide bonds. The molecule has 0 aromatic carbocycles. The predicted octanol–water partition coefficient (Wildman–Crippen LogP) is 1.21. The number of tetrazole rings is 1. The Labute approximate surface area is 97.2 Å². The third kappa shape index (κ3) is 2.30. The molecule has 0 saturated carbocycles. The normalized spacial score (nSPS) is 10.6. The van der Waals surface area contributed by atoms with Crippen molar-refractivity contribution in [1.29, 1.82) is 0 Å². The number of nitrogen functional groups attached to an aromatic ring is 1. The standard InChI is InChI=1S/C9H12N6S/c1-2-6-15-9(12-13-14-15)16-8-7(10)4-3-5-11-8/h3-5H,2,6,10H2,1H3. The molecule has 0 aliphatic heterocycles. The van der Waals surface area contributed by atoms with E-state index in [1.807, 2.05) is 6.07 Å². The summed E-state index contributed by atoms with van der Waals surface area (Å²) >= 11 is 1.38. The second-order valence-corrected chi connectivity index (χ2v) is 4.14. The van der Waals surface area contributed by atoms with Gasteiger partial charge in [0, 0.05) is 12.7 Å². The lowest BCUT2D eigenvalue weighted by molar-refractivity contribution is 0.539. The van der Waals surface area contributed by atoms with Crippen LogP contribution in [0, 0.1) is 0 Å². The molecular formula is C9H12N6S. The van der Waals surface area contributed by atoms with E-state index in [-0.39, 0.29) is 0 Å². The summed E-state index contributed by atoms with van der Waals surface area (Å²) in [5.74, 6) is 0. The van der Waals surface area contributed by atoms with Crippen molar-refractivity contribution >= 4 is 17.4 Å². The number of rotatable bonds is 4. The fourth-order valence-electron chi connectivity index (χ4n) is 1.20. The zero-order chi connectivity index (χ0) is 11.4. The molecule has 0 bridgehead atoms. The van der Waals surface area contributed by atoms with Gasteiger partial charge in [0.1, 0.15) is 5.03 Å². The fraction of sp³-hybridized carbons (Fsp3) is 0.333. The van der Waals surface area contributed by atoms with Crippen LogP contribution in [-0.2, 0) is 6.54 Å². The summed E-state index contributed by atoms with van der Waals surface area (Å²) in [7, 11) is 0. The Morgan fingerprint density at radius 1 is 1.50 bits per heavy atom. The molecule has 0 aliphatic carbocycles. The molecule has 7 heteroatoms. The molecule has 0 spiro atoms. The first-order valence-corrected chi connectivity index (χ1v) is 5.77. The summed E-state index contributed by atoms with van der Waals surface area (Å²) in [4.78, 5) is 4.18. The maximum atomic E-state index is 5.80. The van der Waals surface area contributed by atoms with Crippen LogP contribution in [0.5, 0.6) is 0 Å². The molecule has 0 aliphatic rings. The lowest BCUT2D eigenvalue weighted by Crippen LogP contribution is -2.01. The molecule has 6 nitrogen and oxygen atoms in total. The van der Waals surface area contributed by atoms with E-state index < -0.39 is 0 Å². The summed E-state index contributed by atoms with van der Waals surface area (Å²) in [6.45, 7) is 2.87. The van der Waals surface area contributed by atoms with E-state index in [1.54, 1.807) is 16.9 Å². The van der Waals surface area contributed by atoms with E-state index >= 15 is 0 Å². The van der Waals surface area contributed by atoms with Gasteiger partial charge in [-0.25, -0.2) is 9.67 Å². The van der Waals surface area contributed by atoms with E-state index in [1.165, 1.54) is 11.8 Å². The number of aryl methyl sites for hydroxylation is 1. The predicted molar refractivity (Wildman–Crippen MR) is 60.9 cm³/mol. The molecule has 2 aromatic rings. The molecule has 84 valence electrons. The van der Waals surface area contributed by atoms with Crippen LogP contribution in [0.15, 0.2) is 28.5 Å². The third-order valence-electron chi connectivity index (χ3n) is 1.92. The first-order chi connectivity index (χ1) is 7.81. The minimum absolute atomic E-state index is 0.638. The summed E-state index contributed by atoms with van der Waals surface area (Å²) in [6.07, 6.45) is 2.68. The molecule has 0 fully saturated rings. The minimum Gasteiger partial charge on any atom is -0.397 e. The van der Waals surface area contributed by atoms with Crippen LogP contribution in [-0.4, -0.2) is 25.2 Å². The van der Waals surface area contributed by atoms with Crippen LogP contribution >= 0.6 is 11.8 Å². The van der Waals surface area contributed by atoms with Gasteiger partial charge < -0.3 is 5.73 Å². The van der Waals surface area contributed by atoms with Crippen molar-refractivity contribution in [2.45, 2.75) is 30.1 Å². The summed E-state index contributed by atoms with van der Waals surface area (Å²) in [5, 5.41) is 12.9. The highest BCUT2D eigenvalue weighted by atomic mass is 32.2. The lowest BCUT2D eigenvalue weighted by atomic mass is 10.4. The zero-order valence-corrected chi connectivity index (χ0v) is 9.68. The molecule has 2 heterocycles. The number of hydrogen-bond donors (Lipinski definition) is 1. The number of aromatic nitrogens is 5. The van der Waals surface area contributed by atoms with Crippen LogP contribution < -0.4 is 5.73 Å². The average molecular weight is 236 g/mol. The van der Waals surface area contributed by atoms with Crippen molar-refractivity contribution in [2.24, 2.45) is 0 Å². The van der Waals surface area contributed by atoms with Crippen molar-refractivity contribution in [3.63, 3.8) is 0 Å². The number of pyridine rings is 1. The van der Waals surface area contributed by atoms with Gasteiger partial charge in [0.2, 0.25) is 5.16 Å². The number of anilines is 1. The van der Waals surface area contributed by atoms with E-state index in [9.17, 15) is 0 Å². The van der Waals surface area contributed by atoms with E-state index in [4.69, 9.17) is 5.73 Å². The largest absolute Gasteiger partial charge is 0.397 e. The molecule has 0 radical (unpaired) electrons. The van der Waals surface area contributed by atoms with Crippen molar-refractivity contribution in [2.75, 3.05) is 5.73 Å². The Balaban J connectivity index is 2.20. The highest BCUT2D eigenvalue weighted by Crippen LogP contribution is 2.27. The summed E-state index contributed by atoms with van der Waals surface area (Å²) in [5.41, 5.74) is 6.44. The fourth-order valence-corrected chi connectivity index (χ4v) is 1.98. The first kappa shape index (κ1) is 10.9. The smallest absolute Gasteiger partial charge is 0.215 e. The first-order valence-electron chi connectivity index (χ1n) is 4.95. The average Bonchev–Trinajstić information content (AvgIpc) is 2.70. The van der Waals surface area contributed by atoms with Crippen LogP contribution in [0.1, 0.15) is 13.3 Å². The maximum absolute atomic E-state index is 5.80. The van der Waals surface area contributed by atoms with Crippen LogP contribution in [0.3, 0.4) is 0 Å². The van der Waals surface area contributed by atoms with Gasteiger partial charge in [-0.2, -0.15) is 0 Å². The molecule has 2 aromatic heterocycles. The van der Waals surface area contributed by atoms with Gasteiger partial charge in [0.15, 0.2) is 0 Å². The quantitative estimate of drug-likeness (QED) is 0.859. The highest BCUT2D eigenvalue weighted by molar-refractivity contribution is 7.99. The molecule has 0 saturated heterocycles. The lowest BCUT2D eigenvalue weighted by Gasteiger charge is -2.03. The van der Waals surface area contributed by atoms with Crippen molar-refractivity contribution in [1.82, 2.24) is 25.2 Å². The van der Waals surface area contributed by atoms with Gasteiger partial charge >= 0.3 is 0 Å². The van der Waals surface area contributed by atoms with Crippen molar-refractivity contribution in [3.8, 4) is 0 Å². The molecule has 0 atom stereocenters. The topological polar surface area (TPSA) is 82.5 Å². The van der Waals surface area contributed by atoms with Gasteiger partial charge in [-0.3, -0.25) is 0 Å². The Bertz CT molecular complexity index is 469. The summed E-state index contributed by atoms with van der Waals surface area (Å²) in [6, 6.07) is 3.61. The number of hydrogen-bond acceptors (Lipinski definition) is 6. The highest BCUT2D eigenvalue weighted by Gasteiger charge is 2.09. The molecule has 16 heavy (non-hydrogen) atoms. The Hall–Kier alpha value is -1.63. The molecule has 0 unspecified atom stereocenters. The molecule has 2 rings (SSSR count). The Morgan fingerprint density at radius 2 is 2.38 bits per heavy atom. The Morgan fingerprint density at radius 3 is 3.12 bits per heavy atom. The number of nitrogens with two attached hydrogens (primary N) is 1.